The second-order valence-electron chi connectivity index (χ2n) is 9.58. The van der Waals surface area contributed by atoms with Crippen LogP contribution < -0.4 is 0 Å². The molecule has 10 fully saturated rings. The Hall–Kier alpha value is 0.0795. The van der Waals surface area contributed by atoms with Gasteiger partial charge in [0.1, 0.15) is 0 Å². The summed E-state index contributed by atoms with van der Waals surface area (Å²) in [6.07, 6.45) is 8.00. The van der Waals surface area contributed by atoms with Gasteiger partial charge in [-0.1, -0.05) is 0 Å². The van der Waals surface area contributed by atoms with Crippen molar-refractivity contribution in [1.82, 2.24) is 0 Å². The van der Waals surface area contributed by atoms with Crippen LogP contribution >= 0.6 is 0 Å². The molecule has 0 atom stereocenters. The van der Waals surface area contributed by atoms with Crippen LogP contribution in [0.15, 0.2) is 0 Å². The van der Waals surface area contributed by atoms with E-state index in [1.54, 1.807) is 48.2 Å². The third-order valence-corrected chi connectivity index (χ3v) is 56.5. The zero-order valence-electron chi connectivity index (χ0n) is 7.28. The normalized spacial score (nSPS) is 145. The Balaban J connectivity index is 0.000000212. The van der Waals surface area contributed by atoms with E-state index in [0.717, 1.165) is 0 Å². The minimum atomic E-state index is -2.28. The molecule has 0 aromatic carbocycles. The molecule has 10 heterocycles. The molecule has 10 aliphatic heterocycles. The first-order chi connectivity index (χ1) is 6.16. The molecule has 0 bridgehead atoms. The molecule has 0 radical (unpaired) electrons. The van der Waals surface area contributed by atoms with Crippen molar-refractivity contribution in [2.24, 2.45) is 0 Å². The average Bonchev–Trinajstić information content (AvgIpc) is 3.15. The van der Waals surface area contributed by atoms with Crippen LogP contribution in [0.25, 0.3) is 0 Å². The van der Waals surface area contributed by atoms with Gasteiger partial charge in [0.15, 0.2) is 0 Å². The van der Waals surface area contributed by atoms with Gasteiger partial charge in [-0.05, 0) is 0 Å². The van der Waals surface area contributed by atoms with Crippen molar-refractivity contribution >= 4 is 0 Å². The van der Waals surface area contributed by atoms with E-state index < -0.39 is 6.51 Å². The number of hydrogen-bond acceptors (Lipinski definition) is 0. The Bertz CT molecular complexity index is 614. The van der Waals surface area contributed by atoms with Crippen LogP contribution in [-0.2, 0) is 6.51 Å². The predicted molar refractivity (Wildman–Crippen MR) is 47.4 cm³/mol. The van der Waals surface area contributed by atoms with Crippen molar-refractivity contribution < 1.29 is 6.51 Å². The first-order valence-corrected chi connectivity index (χ1v) is 12.1. The van der Waals surface area contributed by atoms with Gasteiger partial charge < -0.3 is 0 Å². The molecule has 0 saturated carbocycles. The molecule has 0 aliphatic carbocycles. The summed E-state index contributed by atoms with van der Waals surface area (Å²) in [5.74, 6) is 0. The average molecular weight is 212 g/mol. The first-order valence-electron chi connectivity index (χ1n) is 5.71. The number of fused-ring (bicyclic) bond motifs is 10. The quantitative estimate of drug-likeness (QED) is 0.425. The van der Waals surface area contributed by atoms with Crippen LogP contribution in [-0.4, -0.2) is 0 Å². The molecule has 1 heteroatoms. The summed E-state index contributed by atoms with van der Waals surface area (Å²) < 4.78 is 0. The Morgan fingerprint density at radius 3 is 0.615 bits per heavy atom. The maximum absolute atomic E-state index is 4.00. The monoisotopic (exact) mass is 212 g/mol. The molecule has 0 aromatic heterocycles. The molecule has 10 saturated heterocycles. The van der Waals surface area contributed by atoms with Gasteiger partial charge in [0.25, 0.3) is 0 Å². The SMILES string of the molecule is C#C.[CH]12[CH]3[CH]4[CH]5[CH]1[Fe]23451678[CH]2[CH]1[CH]6[CH]7[CH]28. The number of hydrogen-bond donors (Lipinski definition) is 0. The molecule has 0 amide bonds. The second kappa shape index (κ2) is 0.263. The third kappa shape index (κ3) is 0.0307. The third-order valence-electron chi connectivity index (χ3n) is 14.5. The van der Waals surface area contributed by atoms with Gasteiger partial charge >= 0.3 is 54.7 Å². The van der Waals surface area contributed by atoms with Crippen molar-refractivity contribution in [2.75, 3.05) is 0 Å². The van der Waals surface area contributed by atoms with Gasteiger partial charge in [0, 0.05) is 0 Å². The van der Waals surface area contributed by atoms with Crippen LogP contribution in [0.2, 0.25) is 48.2 Å². The molecule has 0 aromatic rings. The molecular weight excluding hydrogens is 200 g/mol. The van der Waals surface area contributed by atoms with Crippen LogP contribution in [0.5, 0.6) is 0 Å². The Labute approximate surface area is 67.7 Å². The summed E-state index contributed by atoms with van der Waals surface area (Å²) in [6, 6.07) is 0. The second-order valence-corrected chi connectivity index (χ2v) is 33.5. The fourth-order valence-electron chi connectivity index (χ4n) is 15.8. The van der Waals surface area contributed by atoms with Crippen LogP contribution in [0.1, 0.15) is 0 Å². The van der Waals surface area contributed by atoms with Crippen molar-refractivity contribution in [1.29, 1.82) is 0 Å². The maximum atomic E-state index is 4.00. The predicted octanol–water partition coefficient (Wildman–Crippen LogP) is 3.62. The zero-order valence-corrected chi connectivity index (χ0v) is 8.39. The molecule has 10 rings (SSSR count). The van der Waals surface area contributed by atoms with Crippen molar-refractivity contribution in [3.8, 4) is 12.8 Å². The molecule has 0 unspecified atom stereocenters. The van der Waals surface area contributed by atoms with Gasteiger partial charge in [-0.3, -0.25) is 0 Å². The van der Waals surface area contributed by atoms with Crippen molar-refractivity contribution in [3.63, 3.8) is 0 Å². The molecule has 0 N–H and O–H groups in total. The summed E-state index contributed by atoms with van der Waals surface area (Å²) >= 11 is 0. The standard InChI is InChI=1S/2C5H5.C2H2.Fe/c2*1-2-4-5-3-1;1-2;/h2*1-5H;1-2H;. The molecule has 68 valence electrons. The fraction of sp³-hybridized carbons (Fsp3) is 0.833. The van der Waals surface area contributed by atoms with E-state index in [0.29, 0.717) is 0 Å². The van der Waals surface area contributed by atoms with Crippen LogP contribution in [0.3, 0.4) is 0 Å². The Morgan fingerprint density at radius 1 is 0.462 bits per heavy atom. The van der Waals surface area contributed by atoms with Crippen LogP contribution in [0, 0.1) is 12.8 Å². The number of terminal acetylenes is 1. The Morgan fingerprint density at radius 2 is 0.615 bits per heavy atom. The van der Waals surface area contributed by atoms with E-state index in [4.69, 9.17) is 0 Å². The van der Waals surface area contributed by atoms with Gasteiger partial charge in [0.05, 0.1) is 0 Å². The topological polar surface area (TPSA) is 0 Å². The summed E-state index contributed by atoms with van der Waals surface area (Å²) in [5, 5.41) is 0. The fourth-order valence-corrected chi connectivity index (χ4v) is 88.0. The van der Waals surface area contributed by atoms with E-state index in [2.05, 4.69) is 12.8 Å². The van der Waals surface area contributed by atoms with Crippen LogP contribution in [0.4, 0.5) is 0 Å². The van der Waals surface area contributed by atoms with E-state index in [-0.39, 0.29) is 0 Å². The van der Waals surface area contributed by atoms with Crippen molar-refractivity contribution in [2.45, 2.75) is 48.2 Å². The van der Waals surface area contributed by atoms with Gasteiger partial charge in [-0.25, -0.2) is 0 Å². The molecular formula is C12H12Fe. The van der Waals surface area contributed by atoms with E-state index in [1.807, 2.05) is 0 Å². The molecule has 13 heavy (non-hydrogen) atoms. The molecule has 10 aliphatic rings. The van der Waals surface area contributed by atoms with Crippen molar-refractivity contribution in [3.05, 3.63) is 0 Å². The summed E-state index contributed by atoms with van der Waals surface area (Å²) in [5.41, 5.74) is 0. The Kier molecular flexibility index (Phi) is 0.0869. The zero-order chi connectivity index (χ0) is 8.09. The van der Waals surface area contributed by atoms with Gasteiger partial charge in [-0.15, -0.1) is 12.8 Å². The summed E-state index contributed by atoms with van der Waals surface area (Å²) in [7, 11) is 0. The molecule has 1 spiro atoms. The summed E-state index contributed by atoms with van der Waals surface area (Å²) in [6.45, 7) is -2.28. The minimum absolute atomic E-state index is 1.59. The van der Waals surface area contributed by atoms with E-state index >= 15 is 0 Å². The first kappa shape index (κ1) is 4.30. The van der Waals surface area contributed by atoms with E-state index in [9.17, 15) is 0 Å². The molecule has 0 nitrogen and oxygen atoms in total. The van der Waals surface area contributed by atoms with Gasteiger partial charge in [0.2, 0.25) is 0 Å². The van der Waals surface area contributed by atoms with E-state index in [1.165, 1.54) is 0 Å². The van der Waals surface area contributed by atoms with Gasteiger partial charge in [-0.2, -0.15) is 0 Å². The summed E-state index contributed by atoms with van der Waals surface area (Å²) in [4.78, 5) is 15.9. The number of rotatable bonds is 0.